The van der Waals surface area contributed by atoms with Crippen molar-refractivity contribution in [3.63, 3.8) is 0 Å². The molecule has 14 nitrogen and oxygen atoms in total. The smallest absolute Gasteiger partial charge is 0.326 e. The van der Waals surface area contributed by atoms with Crippen LogP contribution >= 0.6 is 0 Å². The summed E-state index contributed by atoms with van der Waals surface area (Å²) in [4.78, 5) is 60.1. The molecule has 0 aliphatic rings. The number of hydrogen-bond acceptors (Lipinski definition) is 9. The van der Waals surface area contributed by atoms with Crippen LogP contribution in [0.4, 0.5) is 0 Å². The van der Waals surface area contributed by atoms with Crippen LogP contribution in [0.2, 0.25) is 0 Å². The summed E-state index contributed by atoms with van der Waals surface area (Å²) >= 11 is 0. The number of amides is 4. The third kappa shape index (κ3) is 13.0. The van der Waals surface area contributed by atoms with Gasteiger partial charge in [-0.1, -0.05) is 6.42 Å². The van der Waals surface area contributed by atoms with Crippen LogP contribution in [0.1, 0.15) is 51.4 Å². The molecule has 0 rings (SSSR count). The van der Waals surface area contributed by atoms with Gasteiger partial charge >= 0.3 is 5.97 Å². The Hall–Kier alpha value is -2.81. The van der Waals surface area contributed by atoms with E-state index in [2.05, 4.69) is 16.0 Å². The average Bonchev–Trinajstić information content (AvgIpc) is 2.78. The monoisotopic (exact) mass is 489 g/mol. The number of nitrogens with one attached hydrogen (secondary N) is 3. The maximum absolute atomic E-state index is 12.7. The summed E-state index contributed by atoms with van der Waals surface area (Å²) in [6, 6.07) is -4.91. The van der Waals surface area contributed by atoms with Gasteiger partial charge in [0.25, 0.3) is 0 Å². The molecular formula is C20H39N7O7. The number of rotatable bonds is 19. The Morgan fingerprint density at radius 2 is 1.21 bits per heavy atom. The van der Waals surface area contributed by atoms with E-state index in [-0.39, 0.29) is 19.3 Å². The fourth-order valence-corrected chi connectivity index (χ4v) is 2.96. The van der Waals surface area contributed by atoms with E-state index >= 15 is 0 Å². The highest BCUT2D eigenvalue weighted by molar-refractivity contribution is 5.94. The number of carboxylic acids is 1. The van der Waals surface area contributed by atoms with Crippen LogP contribution < -0.4 is 38.9 Å². The fraction of sp³-hybridized carbons (Fsp3) is 0.750. The highest BCUT2D eigenvalue weighted by Gasteiger charge is 2.30. The zero-order chi connectivity index (χ0) is 26.1. The van der Waals surface area contributed by atoms with E-state index in [1.54, 1.807) is 0 Å². The number of carbonyl (C=O) groups is 5. The zero-order valence-electron chi connectivity index (χ0n) is 19.3. The van der Waals surface area contributed by atoms with E-state index in [1.807, 2.05) is 0 Å². The number of aliphatic hydroxyl groups is 1. The molecule has 0 aliphatic carbocycles. The number of hydrogen-bond donors (Lipinski definition) is 9. The first kappa shape index (κ1) is 31.2. The van der Waals surface area contributed by atoms with Gasteiger partial charge in [0.2, 0.25) is 23.6 Å². The van der Waals surface area contributed by atoms with Crippen molar-refractivity contribution in [2.75, 3.05) is 19.7 Å². The second-order valence-electron chi connectivity index (χ2n) is 7.88. The van der Waals surface area contributed by atoms with Gasteiger partial charge in [0.15, 0.2) is 0 Å². The first-order chi connectivity index (χ1) is 16.1. The topological polar surface area (TPSA) is 266 Å². The quantitative estimate of drug-likeness (QED) is 0.0803. The Morgan fingerprint density at radius 1 is 0.706 bits per heavy atom. The minimum Gasteiger partial charge on any atom is -0.480 e. The lowest BCUT2D eigenvalue weighted by Crippen LogP contribution is -2.58. The largest absolute Gasteiger partial charge is 0.480 e. The normalized spacial score (nSPS) is 14.4. The summed E-state index contributed by atoms with van der Waals surface area (Å²) in [7, 11) is 0. The molecule has 0 spiro atoms. The molecule has 0 aromatic carbocycles. The molecule has 0 heterocycles. The van der Waals surface area contributed by atoms with E-state index in [0.29, 0.717) is 45.2 Å². The van der Waals surface area contributed by atoms with E-state index in [9.17, 15) is 34.2 Å². The standard InChI is InChI=1S/C20H39N7O7/c21-9-3-1-5-12(23)17(30)25-13(7-8-16(24)29)18(31)27-15(11-28)19(32)26-14(20(33)34)6-2-4-10-22/h12-15,28H,1-11,21-23H2,(H2,24,29)(H,25,30)(H,26,32)(H,27,31)(H,33,34). The summed E-state index contributed by atoms with van der Waals surface area (Å²) in [6.07, 6.45) is 2.33. The van der Waals surface area contributed by atoms with Crippen LogP contribution in [-0.2, 0) is 24.0 Å². The molecule has 4 atom stereocenters. The Kier molecular flexibility index (Phi) is 16.2. The van der Waals surface area contributed by atoms with Crippen molar-refractivity contribution in [1.29, 1.82) is 0 Å². The predicted octanol–water partition coefficient (Wildman–Crippen LogP) is -3.63. The first-order valence-corrected chi connectivity index (χ1v) is 11.3. The molecule has 0 bridgehead atoms. The molecule has 14 heteroatoms. The minimum absolute atomic E-state index is 0.115. The van der Waals surface area contributed by atoms with Gasteiger partial charge in [-0.3, -0.25) is 19.2 Å². The third-order valence-corrected chi connectivity index (χ3v) is 5.00. The van der Waals surface area contributed by atoms with Crippen molar-refractivity contribution >= 4 is 29.6 Å². The van der Waals surface area contributed by atoms with Crippen molar-refractivity contribution in [3.8, 4) is 0 Å². The molecule has 196 valence electrons. The fourth-order valence-electron chi connectivity index (χ4n) is 2.96. The molecule has 13 N–H and O–H groups in total. The van der Waals surface area contributed by atoms with Gasteiger partial charge in [-0.15, -0.1) is 0 Å². The number of carboxylic acid groups (broad SMARTS) is 1. The lowest BCUT2D eigenvalue weighted by atomic mass is 10.1. The first-order valence-electron chi connectivity index (χ1n) is 11.3. The number of unbranched alkanes of at least 4 members (excludes halogenated alkanes) is 2. The van der Waals surface area contributed by atoms with Gasteiger partial charge in [-0.05, 0) is 51.6 Å². The van der Waals surface area contributed by atoms with Crippen LogP contribution in [0, 0.1) is 0 Å². The minimum atomic E-state index is -1.49. The summed E-state index contributed by atoms with van der Waals surface area (Å²) in [5, 5.41) is 25.8. The number of carbonyl (C=O) groups excluding carboxylic acids is 4. The van der Waals surface area contributed by atoms with Crippen LogP contribution in [0.25, 0.3) is 0 Å². The van der Waals surface area contributed by atoms with Crippen molar-refractivity contribution in [1.82, 2.24) is 16.0 Å². The Morgan fingerprint density at radius 3 is 1.71 bits per heavy atom. The molecule has 0 aromatic heterocycles. The molecule has 0 fully saturated rings. The van der Waals surface area contributed by atoms with Gasteiger partial charge in [0.05, 0.1) is 12.6 Å². The molecule has 34 heavy (non-hydrogen) atoms. The van der Waals surface area contributed by atoms with Gasteiger partial charge in [-0.25, -0.2) is 4.79 Å². The number of nitrogens with two attached hydrogens (primary N) is 4. The van der Waals surface area contributed by atoms with Crippen LogP contribution in [0.3, 0.4) is 0 Å². The van der Waals surface area contributed by atoms with Crippen molar-refractivity contribution in [2.24, 2.45) is 22.9 Å². The summed E-state index contributed by atoms with van der Waals surface area (Å²) in [5.41, 5.74) is 21.8. The SMILES string of the molecule is NCCCCC(N)C(=O)NC(CCC(N)=O)C(=O)NC(CO)C(=O)NC(CCCCN)C(=O)O. The van der Waals surface area contributed by atoms with Crippen molar-refractivity contribution in [3.05, 3.63) is 0 Å². The van der Waals surface area contributed by atoms with E-state index in [1.165, 1.54) is 0 Å². The van der Waals surface area contributed by atoms with Gasteiger partial charge in [0.1, 0.15) is 18.1 Å². The second-order valence-corrected chi connectivity index (χ2v) is 7.88. The van der Waals surface area contributed by atoms with E-state index < -0.39 is 60.4 Å². The number of aliphatic carboxylic acids is 1. The lowest BCUT2D eigenvalue weighted by molar-refractivity contribution is -0.142. The molecule has 4 unspecified atom stereocenters. The number of primary amides is 1. The Bertz CT molecular complexity index is 678. The molecular weight excluding hydrogens is 450 g/mol. The van der Waals surface area contributed by atoms with Gasteiger partial charge in [0, 0.05) is 6.42 Å². The zero-order valence-corrected chi connectivity index (χ0v) is 19.3. The van der Waals surface area contributed by atoms with Crippen LogP contribution in [0.5, 0.6) is 0 Å². The van der Waals surface area contributed by atoms with Crippen molar-refractivity contribution in [2.45, 2.75) is 75.5 Å². The van der Waals surface area contributed by atoms with Crippen molar-refractivity contribution < 1.29 is 34.2 Å². The maximum Gasteiger partial charge on any atom is 0.326 e. The van der Waals surface area contributed by atoms with Gasteiger partial charge in [-0.2, -0.15) is 0 Å². The molecule has 0 radical (unpaired) electrons. The predicted molar refractivity (Wildman–Crippen MR) is 123 cm³/mol. The Balaban J connectivity index is 5.19. The average molecular weight is 490 g/mol. The second kappa shape index (κ2) is 17.6. The summed E-state index contributed by atoms with van der Waals surface area (Å²) in [5.74, 6) is -4.42. The maximum atomic E-state index is 12.7. The van der Waals surface area contributed by atoms with E-state index in [0.717, 1.165) is 0 Å². The molecule has 0 aliphatic heterocycles. The van der Waals surface area contributed by atoms with Crippen LogP contribution in [0.15, 0.2) is 0 Å². The molecule has 4 amide bonds. The Labute approximate surface area is 198 Å². The lowest BCUT2D eigenvalue weighted by Gasteiger charge is -2.24. The highest BCUT2D eigenvalue weighted by Crippen LogP contribution is 2.04. The van der Waals surface area contributed by atoms with Crippen LogP contribution in [-0.4, -0.2) is 83.7 Å². The molecule has 0 saturated heterocycles. The highest BCUT2D eigenvalue weighted by atomic mass is 16.4. The van der Waals surface area contributed by atoms with E-state index in [4.69, 9.17) is 22.9 Å². The molecule has 0 aromatic rings. The number of aliphatic hydroxyl groups excluding tert-OH is 1. The summed E-state index contributed by atoms with van der Waals surface area (Å²) in [6.45, 7) is -0.0230. The third-order valence-electron chi connectivity index (χ3n) is 5.00. The summed E-state index contributed by atoms with van der Waals surface area (Å²) < 4.78 is 0. The van der Waals surface area contributed by atoms with Gasteiger partial charge < -0.3 is 49.1 Å². The molecule has 0 saturated carbocycles.